The maximum Gasteiger partial charge on any atom is 0.223 e. The molecule has 0 radical (unpaired) electrons. The summed E-state index contributed by atoms with van der Waals surface area (Å²) in [5.74, 6) is -0.147. The second-order valence-electron chi connectivity index (χ2n) is 6.38. The Bertz CT molecular complexity index is 548. The Morgan fingerprint density at radius 1 is 1.32 bits per heavy atom. The first kappa shape index (κ1) is 17.0. The van der Waals surface area contributed by atoms with Crippen LogP contribution in [0.25, 0.3) is 0 Å². The molecule has 0 bridgehead atoms. The molecule has 124 valence electrons. The first-order valence-electron chi connectivity index (χ1n) is 8.28. The lowest BCUT2D eigenvalue weighted by Crippen LogP contribution is -2.34. The summed E-state index contributed by atoms with van der Waals surface area (Å²) in [5, 5.41) is 19.3. The van der Waals surface area contributed by atoms with E-state index in [2.05, 4.69) is 11.9 Å². The second-order valence-corrected chi connectivity index (χ2v) is 6.38. The summed E-state index contributed by atoms with van der Waals surface area (Å²) in [7, 11) is 2.07. The van der Waals surface area contributed by atoms with Gasteiger partial charge in [0.15, 0.2) is 5.75 Å². The summed E-state index contributed by atoms with van der Waals surface area (Å²) in [6.07, 6.45) is 6.80. The molecule has 1 fully saturated rings. The molecule has 0 aromatic carbocycles. The van der Waals surface area contributed by atoms with Crippen LogP contribution < -0.4 is 5.43 Å². The van der Waals surface area contributed by atoms with Crippen LogP contribution in [-0.4, -0.2) is 39.4 Å². The smallest absolute Gasteiger partial charge is 0.223 e. The molecule has 0 saturated heterocycles. The normalized spacial score (nSPS) is 16.4. The van der Waals surface area contributed by atoms with Gasteiger partial charge in [0, 0.05) is 37.5 Å². The molecule has 5 nitrogen and oxygen atoms in total. The van der Waals surface area contributed by atoms with Crippen LogP contribution in [0.2, 0.25) is 0 Å². The maximum absolute atomic E-state index is 11.9. The third-order valence-corrected chi connectivity index (χ3v) is 4.74. The molecule has 1 aromatic rings. The fraction of sp³-hybridized carbons (Fsp3) is 0.706. The number of aryl methyl sites for hydroxylation is 1. The van der Waals surface area contributed by atoms with Crippen LogP contribution in [0.5, 0.6) is 5.75 Å². The predicted octanol–water partition coefficient (Wildman–Crippen LogP) is 2.01. The Kier molecular flexibility index (Phi) is 6.03. The van der Waals surface area contributed by atoms with Gasteiger partial charge in [0.25, 0.3) is 0 Å². The highest BCUT2D eigenvalue weighted by atomic mass is 16.3. The zero-order chi connectivity index (χ0) is 16.1. The van der Waals surface area contributed by atoms with Crippen molar-refractivity contribution in [2.45, 2.75) is 64.6 Å². The molecule has 0 atom stereocenters. The largest absolute Gasteiger partial charge is 0.503 e. The van der Waals surface area contributed by atoms with E-state index in [0.717, 1.165) is 5.69 Å². The fourth-order valence-corrected chi connectivity index (χ4v) is 3.41. The first-order chi connectivity index (χ1) is 10.5. The minimum Gasteiger partial charge on any atom is -0.503 e. The van der Waals surface area contributed by atoms with Crippen LogP contribution in [0.1, 0.15) is 49.9 Å². The van der Waals surface area contributed by atoms with Gasteiger partial charge in [0.05, 0.1) is 5.69 Å². The van der Waals surface area contributed by atoms with Crippen LogP contribution in [0.15, 0.2) is 10.9 Å². The SMILES string of the molecule is Cc1cc(=O)c(O)c(CN(C)C2CCCCC2)n1CCCO. The number of hydrogen-bond donors (Lipinski definition) is 2. The lowest BCUT2D eigenvalue weighted by molar-refractivity contribution is 0.177. The van der Waals surface area contributed by atoms with Gasteiger partial charge in [-0.25, -0.2) is 0 Å². The topological polar surface area (TPSA) is 65.7 Å². The van der Waals surface area contributed by atoms with Gasteiger partial charge in [-0.1, -0.05) is 19.3 Å². The highest BCUT2D eigenvalue weighted by molar-refractivity contribution is 5.29. The molecule has 1 aromatic heterocycles. The van der Waals surface area contributed by atoms with E-state index in [0.29, 0.717) is 31.2 Å². The zero-order valence-corrected chi connectivity index (χ0v) is 13.7. The number of rotatable bonds is 6. The number of aliphatic hydroxyl groups excluding tert-OH is 1. The fourth-order valence-electron chi connectivity index (χ4n) is 3.41. The Morgan fingerprint density at radius 2 is 2.00 bits per heavy atom. The van der Waals surface area contributed by atoms with Gasteiger partial charge in [-0.2, -0.15) is 0 Å². The van der Waals surface area contributed by atoms with E-state index >= 15 is 0 Å². The van der Waals surface area contributed by atoms with Crippen molar-refractivity contribution in [3.05, 3.63) is 27.7 Å². The van der Waals surface area contributed by atoms with Gasteiger partial charge in [0.1, 0.15) is 0 Å². The average Bonchev–Trinajstić information content (AvgIpc) is 2.52. The van der Waals surface area contributed by atoms with Gasteiger partial charge in [-0.15, -0.1) is 0 Å². The van der Waals surface area contributed by atoms with Crippen LogP contribution in [0.3, 0.4) is 0 Å². The van der Waals surface area contributed by atoms with E-state index in [9.17, 15) is 9.90 Å². The van der Waals surface area contributed by atoms with E-state index < -0.39 is 0 Å². The van der Waals surface area contributed by atoms with Crippen LogP contribution in [0, 0.1) is 6.92 Å². The Balaban J connectivity index is 2.25. The average molecular weight is 308 g/mol. The Morgan fingerprint density at radius 3 is 2.64 bits per heavy atom. The minimum absolute atomic E-state index is 0.101. The van der Waals surface area contributed by atoms with Crippen molar-refractivity contribution in [3.63, 3.8) is 0 Å². The molecule has 0 amide bonds. The van der Waals surface area contributed by atoms with Crippen molar-refractivity contribution < 1.29 is 10.2 Å². The molecule has 1 aliphatic rings. The van der Waals surface area contributed by atoms with E-state index in [-0.39, 0.29) is 17.8 Å². The van der Waals surface area contributed by atoms with Gasteiger partial charge in [0.2, 0.25) is 5.43 Å². The summed E-state index contributed by atoms with van der Waals surface area (Å²) in [6.45, 7) is 3.16. The van der Waals surface area contributed by atoms with Gasteiger partial charge < -0.3 is 14.8 Å². The number of aromatic hydroxyl groups is 1. The maximum atomic E-state index is 11.9. The minimum atomic E-state index is -0.315. The van der Waals surface area contributed by atoms with Crippen molar-refractivity contribution in [3.8, 4) is 5.75 Å². The van der Waals surface area contributed by atoms with Crippen LogP contribution in [0.4, 0.5) is 0 Å². The summed E-state index contributed by atoms with van der Waals surface area (Å²) in [5.41, 5.74) is 1.19. The van der Waals surface area contributed by atoms with Crippen molar-refractivity contribution >= 4 is 0 Å². The van der Waals surface area contributed by atoms with Crippen molar-refractivity contribution in [2.24, 2.45) is 0 Å². The molecular weight excluding hydrogens is 280 g/mol. The van der Waals surface area contributed by atoms with Crippen molar-refractivity contribution in [2.75, 3.05) is 13.7 Å². The first-order valence-corrected chi connectivity index (χ1v) is 8.28. The summed E-state index contributed by atoms with van der Waals surface area (Å²) in [6, 6.07) is 1.99. The quantitative estimate of drug-likeness (QED) is 0.844. The van der Waals surface area contributed by atoms with Crippen LogP contribution >= 0.6 is 0 Å². The van der Waals surface area contributed by atoms with E-state index in [1.165, 1.54) is 38.2 Å². The number of nitrogens with zero attached hydrogens (tertiary/aromatic N) is 2. The number of pyridine rings is 1. The van der Waals surface area contributed by atoms with Crippen molar-refractivity contribution in [1.82, 2.24) is 9.47 Å². The van der Waals surface area contributed by atoms with E-state index in [4.69, 9.17) is 5.11 Å². The lowest BCUT2D eigenvalue weighted by Gasteiger charge is -2.32. The molecule has 1 saturated carbocycles. The standard InChI is InChI=1S/C17H28N2O3/c1-13-11-16(21)17(22)15(19(13)9-6-10-20)12-18(2)14-7-4-3-5-8-14/h11,14,20,22H,3-10,12H2,1-2H3. The van der Waals surface area contributed by atoms with Gasteiger partial charge in [-0.3, -0.25) is 9.69 Å². The van der Waals surface area contributed by atoms with E-state index in [1.54, 1.807) is 0 Å². The molecular formula is C17H28N2O3. The second kappa shape index (κ2) is 7.79. The Labute approximate surface area is 132 Å². The summed E-state index contributed by atoms with van der Waals surface area (Å²) < 4.78 is 1.96. The highest BCUT2D eigenvalue weighted by Crippen LogP contribution is 2.24. The third-order valence-electron chi connectivity index (χ3n) is 4.74. The third kappa shape index (κ3) is 3.90. The van der Waals surface area contributed by atoms with Gasteiger partial charge in [-0.05, 0) is 33.2 Å². The van der Waals surface area contributed by atoms with Gasteiger partial charge >= 0.3 is 0 Å². The zero-order valence-electron chi connectivity index (χ0n) is 13.7. The number of aromatic nitrogens is 1. The molecule has 0 spiro atoms. The molecule has 0 aliphatic heterocycles. The molecule has 5 heteroatoms. The molecule has 22 heavy (non-hydrogen) atoms. The Hall–Kier alpha value is -1.33. The molecule has 1 heterocycles. The van der Waals surface area contributed by atoms with Crippen LogP contribution in [-0.2, 0) is 13.1 Å². The highest BCUT2D eigenvalue weighted by Gasteiger charge is 2.21. The predicted molar refractivity (Wildman–Crippen MR) is 87.1 cm³/mol. The molecule has 2 rings (SSSR count). The monoisotopic (exact) mass is 308 g/mol. The van der Waals surface area contributed by atoms with Crippen molar-refractivity contribution in [1.29, 1.82) is 0 Å². The molecule has 1 aliphatic carbocycles. The molecule has 0 unspecified atom stereocenters. The number of hydrogen-bond acceptors (Lipinski definition) is 4. The lowest BCUT2D eigenvalue weighted by atomic mass is 9.94. The summed E-state index contributed by atoms with van der Waals surface area (Å²) in [4.78, 5) is 14.2. The van der Waals surface area contributed by atoms with E-state index in [1.807, 2.05) is 11.5 Å². The molecule has 2 N–H and O–H groups in total. The number of aliphatic hydroxyl groups is 1. The summed E-state index contributed by atoms with van der Waals surface area (Å²) >= 11 is 0.